The van der Waals surface area contributed by atoms with Crippen LogP contribution < -0.4 is 15.5 Å². The monoisotopic (exact) mass is 302 g/mol. The van der Waals surface area contributed by atoms with Crippen molar-refractivity contribution in [1.82, 2.24) is 15.5 Å². The topological polar surface area (TPSA) is 47.6 Å². The van der Waals surface area contributed by atoms with E-state index in [0.29, 0.717) is 6.04 Å². The van der Waals surface area contributed by atoms with Gasteiger partial charge in [0, 0.05) is 37.9 Å². The number of piperidine rings is 1. The number of amides is 1. The van der Waals surface area contributed by atoms with E-state index in [2.05, 4.69) is 33.5 Å². The van der Waals surface area contributed by atoms with Gasteiger partial charge in [0.2, 0.25) is 0 Å². The Bertz CT molecular complexity index is 505. The van der Waals surface area contributed by atoms with Gasteiger partial charge in [-0.3, -0.25) is 4.79 Å². The molecule has 1 amide bonds. The fourth-order valence-corrected chi connectivity index (χ4v) is 3.22. The molecule has 2 saturated heterocycles. The quantitative estimate of drug-likeness (QED) is 0.872. The summed E-state index contributed by atoms with van der Waals surface area (Å²) in [4.78, 5) is 17.3. The second-order valence-corrected chi connectivity index (χ2v) is 6.31. The third-order valence-electron chi connectivity index (χ3n) is 4.67. The molecular weight excluding hydrogens is 276 g/mol. The highest BCUT2D eigenvalue weighted by Crippen LogP contribution is 2.22. The van der Waals surface area contributed by atoms with Gasteiger partial charge in [-0.25, -0.2) is 0 Å². The first-order valence-electron chi connectivity index (χ1n) is 8.28. The van der Waals surface area contributed by atoms with Crippen molar-refractivity contribution in [2.75, 3.05) is 51.2 Å². The molecule has 0 radical (unpaired) electrons. The Balaban J connectivity index is 1.71. The van der Waals surface area contributed by atoms with Gasteiger partial charge in [0.05, 0.1) is 5.56 Å². The summed E-state index contributed by atoms with van der Waals surface area (Å²) in [6.45, 7) is 6.03. The van der Waals surface area contributed by atoms with Crippen LogP contribution in [-0.4, -0.2) is 63.2 Å². The largest absolute Gasteiger partial charge is 0.368 e. The van der Waals surface area contributed by atoms with E-state index in [1.165, 1.54) is 0 Å². The molecule has 0 atom stereocenters. The molecule has 22 heavy (non-hydrogen) atoms. The van der Waals surface area contributed by atoms with E-state index in [9.17, 15) is 4.79 Å². The second kappa shape index (κ2) is 7.11. The SMILES string of the molecule is CN1CCN(c2ccccc2C(=O)NC2CCNCC2)CC1. The third kappa shape index (κ3) is 3.59. The zero-order chi connectivity index (χ0) is 15.4. The minimum atomic E-state index is 0.0708. The number of carbonyl (C=O) groups excluding carboxylic acids is 1. The number of likely N-dealkylation sites (N-methyl/N-ethyl adjacent to an activating group) is 1. The van der Waals surface area contributed by atoms with Crippen molar-refractivity contribution in [2.24, 2.45) is 0 Å². The Morgan fingerprint density at radius 1 is 1.14 bits per heavy atom. The molecule has 2 aliphatic rings. The van der Waals surface area contributed by atoms with Crippen LogP contribution in [0.5, 0.6) is 0 Å². The summed E-state index contributed by atoms with van der Waals surface area (Å²) in [5.41, 5.74) is 1.88. The van der Waals surface area contributed by atoms with E-state index in [1.54, 1.807) is 0 Å². The molecule has 2 heterocycles. The number of hydrogen-bond donors (Lipinski definition) is 2. The average Bonchev–Trinajstić information content (AvgIpc) is 2.56. The van der Waals surface area contributed by atoms with Gasteiger partial charge in [-0.15, -0.1) is 0 Å². The van der Waals surface area contributed by atoms with Crippen LogP contribution >= 0.6 is 0 Å². The van der Waals surface area contributed by atoms with E-state index in [1.807, 2.05) is 18.2 Å². The van der Waals surface area contributed by atoms with Crippen LogP contribution in [0.2, 0.25) is 0 Å². The van der Waals surface area contributed by atoms with Crippen molar-refractivity contribution in [2.45, 2.75) is 18.9 Å². The summed E-state index contributed by atoms with van der Waals surface area (Å²) >= 11 is 0. The van der Waals surface area contributed by atoms with Crippen molar-refractivity contribution in [3.63, 3.8) is 0 Å². The molecule has 0 spiro atoms. The second-order valence-electron chi connectivity index (χ2n) is 6.31. The molecule has 0 bridgehead atoms. The third-order valence-corrected chi connectivity index (χ3v) is 4.67. The van der Waals surface area contributed by atoms with Gasteiger partial charge >= 0.3 is 0 Å². The van der Waals surface area contributed by atoms with E-state index in [0.717, 1.165) is 63.4 Å². The smallest absolute Gasteiger partial charge is 0.253 e. The van der Waals surface area contributed by atoms with Crippen LogP contribution in [0.4, 0.5) is 5.69 Å². The lowest BCUT2D eigenvalue weighted by atomic mass is 10.0. The predicted molar refractivity (Wildman–Crippen MR) is 89.5 cm³/mol. The normalized spacial score (nSPS) is 20.9. The maximum Gasteiger partial charge on any atom is 0.253 e. The predicted octanol–water partition coefficient (Wildman–Crippen LogP) is 0.920. The number of anilines is 1. The molecule has 1 aromatic rings. The summed E-state index contributed by atoms with van der Waals surface area (Å²) < 4.78 is 0. The lowest BCUT2D eigenvalue weighted by molar-refractivity contribution is 0.0930. The number of para-hydroxylation sites is 1. The van der Waals surface area contributed by atoms with Crippen molar-refractivity contribution in [3.05, 3.63) is 29.8 Å². The van der Waals surface area contributed by atoms with Crippen molar-refractivity contribution < 1.29 is 4.79 Å². The minimum Gasteiger partial charge on any atom is -0.368 e. The molecule has 3 rings (SSSR count). The van der Waals surface area contributed by atoms with E-state index >= 15 is 0 Å². The Morgan fingerprint density at radius 3 is 2.55 bits per heavy atom. The van der Waals surface area contributed by atoms with E-state index in [4.69, 9.17) is 0 Å². The first-order valence-corrected chi connectivity index (χ1v) is 8.28. The number of benzene rings is 1. The van der Waals surface area contributed by atoms with Crippen LogP contribution in [0.15, 0.2) is 24.3 Å². The van der Waals surface area contributed by atoms with Crippen LogP contribution in [0.3, 0.4) is 0 Å². The highest BCUT2D eigenvalue weighted by Gasteiger charge is 2.22. The molecule has 5 nitrogen and oxygen atoms in total. The molecule has 2 fully saturated rings. The van der Waals surface area contributed by atoms with Crippen molar-refractivity contribution in [3.8, 4) is 0 Å². The van der Waals surface area contributed by atoms with Gasteiger partial charge in [0.25, 0.3) is 5.91 Å². The average molecular weight is 302 g/mol. The summed E-state index contributed by atoms with van der Waals surface area (Å²) in [6, 6.07) is 8.30. The molecule has 2 aliphatic heterocycles. The molecule has 0 aliphatic carbocycles. The van der Waals surface area contributed by atoms with Crippen LogP contribution in [-0.2, 0) is 0 Å². The molecule has 2 N–H and O–H groups in total. The van der Waals surface area contributed by atoms with E-state index < -0.39 is 0 Å². The maximum atomic E-state index is 12.7. The zero-order valence-corrected chi connectivity index (χ0v) is 13.3. The van der Waals surface area contributed by atoms with Gasteiger partial charge in [0.15, 0.2) is 0 Å². The lowest BCUT2D eigenvalue weighted by Gasteiger charge is -2.35. The number of piperazine rings is 1. The molecular formula is C17H26N4O. The van der Waals surface area contributed by atoms with Gasteiger partial charge < -0.3 is 20.4 Å². The van der Waals surface area contributed by atoms with Crippen LogP contribution in [0, 0.1) is 0 Å². The lowest BCUT2D eigenvalue weighted by Crippen LogP contribution is -2.46. The highest BCUT2D eigenvalue weighted by molar-refractivity contribution is 6.00. The fraction of sp³-hybridized carbons (Fsp3) is 0.588. The number of carbonyl (C=O) groups is 1. The molecule has 0 saturated carbocycles. The number of hydrogen-bond acceptors (Lipinski definition) is 4. The Hall–Kier alpha value is -1.59. The minimum absolute atomic E-state index is 0.0708. The summed E-state index contributed by atoms with van der Waals surface area (Å²) in [6.07, 6.45) is 2.03. The Morgan fingerprint density at radius 2 is 1.82 bits per heavy atom. The first-order chi connectivity index (χ1) is 10.7. The Labute approximate surface area is 132 Å². The maximum absolute atomic E-state index is 12.7. The number of nitrogens with zero attached hydrogens (tertiary/aromatic N) is 2. The molecule has 0 unspecified atom stereocenters. The molecule has 120 valence electrons. The molecule has 1 aromatic carbocycles. The van der Waals surface area contributed by atoms with Gasteiger partial charge in [-0.05, 0) is 45.1 Å². The van der Waals surface area contributed by atoms with E-state index in [-0.39, 0.29) is 5.91 Å². The summed E-state index contributed by atoms with van der Waals surface area (Å²) in [7, 11) is 2.15. The standard InChI is InChI=1S/C17H26N4O/c1-20-10-12-21(13-11-20)16-5-3-2-4-15(16)17(22)19-14-6-8-18-9-7-14/h2-5,14,18H,6-13H2,1H3,(H,19,22). The van der Waals surface area contributed by atoms with Crippen molar-refractivity contribution in [1.29, 1.82) is 0 Å². The molecule has 5 heteroatoms. The van der Waals surface area contributed by atoms with Gasteiger partial charge in [-0.2, -0.15) is 0 Å². The van der Waals surface area contributed by atoms with Crippen LogP contribution in [0.1, 0.15) is 23.2 Å². The van der Waals surface area contributed by atoms with Gasteiger partial charge in [-0.1, -0.05) is 12.1 Å². The van der Waals surface area contributed by atoms with Gasteiger partial charge in [0.1, 0.15) is 0 Å². The van der Waals surface area contributed by atoms with Crippen molar-refractivity contribution >= 4 is 11.6 Å². The Kier molecular flexibility index (Phi) is 4.95. The molecule has 0 aromatic heterocycles. The summed E-state index contributed by atoms with van der Waals surface area (Å²) in [5, 5.41) is 6.54. The highest BCUT2D eigenvalue weighted by atomic mass is 16.1. The zero-order valence-electron chi connectivity index (χ0n) is 13.3. The fourth-order valence-electron chi connectivity index (χ4n) is 3.22. The van der Waals surface area contributed by atoms with Crippen LogP contribution in [0.25, 0.3) is 0 Å². The number of nitrogens with one attached hydrogen (secondary N) is 2. The summed E-state index contributed by atoms with van der Waals surface area (Å²) in [5.74, 6) is 0.0708. The first kappa shape index (κ1) is 15.3. The number of rotatable bonds is 3.